The fourth-order valence-corrected chi connectivity index (χ4v) is 6.78. The number of amides is 1. The van der Waals surface area contributed by atoms with Crippen LogP contribution in [0.2, 0.25) is 0 Å². The Morgan fingerprint density at radius 2 is 1.51 bits per heavy atom. The van der Waals surface area contributed by atoms with E-state index in [-0.39, 0.29) is 11.8 Å². The second kappa shape index (κ2) is 9.43. The van der Waals surface area contributed by atoms with Crippen molar-refractivity contribution >= 4 is 12.1 Å². The molecule has 1 saturated carbocycles. The summed E-state index contributed by atoms with van der Waals surface area (Å²) in [6.07, 6.45) is 5.02. The number of piperidine rings is 1. The van der Waals surface area contributed by atoms with Crippen LogP contribution in [0.4, 0.5) is 0 Å². The molecule has 1 N–H and O–H groups in total. The molecule has 3 aliphatic heterocycles. The number of nitrogens with one attached hydrogen (secondary N) is 1. The number of rotatable bonds is 7. The van der Waals surface area contributed by atoms with E-state index in [1.807, 2.05) is 18.2 Å². The van der Waals surface area contributed by atoms with Gasteiger partial charge < -0.3 is 5.32 Å². The first-order valence-electron chi connectivity index (χ1n) is 12.9. The molecular weight excluding hydrogens is 430 g/mol. The molecule has 4 aliphatic rings. The maximum absolute atomic E-state index is 14.0. The second-order valence-corrected chi connectivity index (χ2v) is 10.4. The van der Waals surface area contributed by atoms with Gasteiger partial charge in [0.1, 0.15) is 5.54 Å². The Hall–Kier alpha value is -3.24. The zero-order chi connectivity index (χ0) is 23.7. The van der Waals surface area contributed by atoms with Gasteiger partial charge in [-0.1, -0.05) is 91.0 Å². The number of nitrogens with zero attached hydrogens (tertiary/aromatic N) is 2. The van der Waals surface area contributed by atoms with Crippen LogP contribution in [-0.2, 0) is 24.3 Å². The zero-order valence-corrected chi connectivity index (χ0v) is 20.1. The van der Waals surface area contributed by atoms with Crippen molar-refractivity contribution in [3.8, 4) is 0 Å². The molecule has 4 heteroatoms. The SMILES string of the molecule is O=C(NCc1ccccc1)C12CC3CCN(Cc4ccccc4)C(C3C=N1)C2Cc1ccccc1. The van der Waals surface area contributed by atoms with Crippen molar-refractivity contribution in [1.29, 1.82) is 0 Å². The average molecular weight is 464 g/mol. The van der Waals surface area contributed by atoms with Gasteiger partial charge in [0.2, 0.25) is 5.91 Å². The van der Waals surface area contributed by atoms with Gasteiger partial charge in [-0.15, -0.1) is 0 Å². The smallest absolute Gasteiger partial charge is 0.248 e. The first-order chi connectivity index (χ1) is 17.2. The van der Waals surface area contributed by atoms with Crippen LogP contribution in [0.1, 0.15) is 29.5 Å². The van der Waals surface area contributed by atoms with Gasteiger partial charge in [0.25, 0.3) is 0 Å². The van der Waals surface area contributed by atoms with Gasteiger partial charge in [-0.2, -0.15) is 0 Å². The normalized spacial score (nSPS) is 29.1. The number of carbonyl (C=O) groups is 1. The molecule has 4 nitrogen and oxygen atoms in total. The van der Waals surface area contributed by atoms with E-state index in [0.717, 1.165) is 37.9 Å². The van der Waals surface area contributed by atoms with Gasteiger partial charge in [-0.05, 0) is 48.4 Å². The first-order valence-corrected chi connectivity index (χ1v) is 12.9. The number of aliphatic imine (C=N–C) groups is 1. The van der Waals surface area contributed by atoms with Gasteiger partial charge in [-0.3, -0.25) is 14.7 Å². The molecule has 1 amide bonds. The van der Waals surface area contributed by atoms with Crippen molar-refractivity contribution < 1.29 is 4.79 Å². The molecule has 2 fully saturated rings. The van der Waals surface area contributed by atoms with E-state index < -0.39 is 5.54 Å². The molecule has 0 spiro atoms. The predicted molar refractivity (Wildman–Crippen MR) is 140 cm³/mol. The lowest BCUT2D eigenvalue weighted by atomic mass is 9.55. The molecule has 3 aromatic carbocycles. The Kier molecular flexibility index (Phi) is 5.99. The largest absolute Gasteiger partial charge is 0.350 e. The molecule has 3 heterocycles. The highest BCUT2D eigenvalue weighted by molar-refractivity contribution is 5.91. The summed E-state index contributed by atoms with van der Waals surface area (Å²) in [5, 5.41) is 3.28. The standard InChI is InChI=1S/C31H33N3O/c35-30(32-20-24-12-6-2-7-13-24)31-19-26-16-17-34(22-25-14-8-3-9-15-25)29(27(26)21-33-31)28(31)18-23-10-4-1-5-11-23/h1-15,21,26-29H,16-20,22H2,(H,32,35). The number of likely N-dealkylation sites (tertiary alicyclic amines) is 1. The van der Waals surface area contributed by atoms with E-state index in [1.165, 1.54) is 11.1 Å². The van der Waals surface area contributed by atoms with Crippen LogP contribution < -0.4 is 5.32 Å². The Morgan fingerprint density at radius 3 is 2.20 bits per heavy atom. The van der Waals surface area contributed by atoms with Crippen molar-refractivity contribution in [3.63, 3.8) is 0 Å². The number of hydrogen-bond donors (Lipinski definition) is 1. The summed E-state index contributed by atoms with van der Waals surface area (Å²) in [6, 6.07) is 31.9. The molecule has 1 saturated heterocycles. The summed E-state index contributed by atoms with van der Waals surface area (Å²) in [7, 11) is 0. The van der Waals surface area contributed by atoms with Gasteiger partial charge in [0.15, 0.2) is 0 Å². The summed E-state index contributed by atoms with van der Waals surface area (Å²) >= 11 is 0. The maximum Gasteiger partial charge on any atom is 0.248 e. The summed E-state index contributed by atoms with van der Waals surface area (Å²) in [6.45, 7) is 2.55. The minimum absolute atomic E-state index is 0.0910. The van der Waals surface area contributed by atoms with E-state index in [2.05, 4.69) is 89.2 Å². The molecule has 5 atom stereocenters. The number of benzene rings is 3. The molecule has 178 valence electrons. The van der Waals surface area contributed by atoms with Crippen molar-refractivity contribution in [3.05, 3.63) is 108 Å². The Labute approximate surface area is 208 Å². The number of hydrogen-bond acceptors (Lipinski definition) is 3. The van der Waals surface area contributed by atoms with Crippen LogP contribution in [0.5, 0.6) is 0 Å². The van der Waals surface area contributed by atoms with E-state index in [0.29, 0.717) is 24.4 Å². The molecule has 0 aromatic heterocycles. The quantitative estimate of drug-likeness (QED) is 0.542. The fourth-order valence-electron chi connectivity index (χ4n) is 6.78. The fraction of sp³-hybridized carbons (Fsp3) is 0.355. The van der Waals surface area contributed by atoms with Gasteiger partial charge in [0, 0.05) is 37.2 Å². The lowest BCUT2D eigenvalue weighted by molar-refractivity contribution is -0.138. The lowest BCUT2D eigenvalue weighted by Crippen LogP contribution is -2.70. The van der Waals surface area contributed by atoms with Crippen molar-refractivity contribution in [1.82, 2.24) is 10.2 Å². The van der Waals surface area contributed by atoms with Crippen LogP contribution in [0.25, 0.3) is 0 Å². The molecule has 0 radical (unpaired) electrons. The lowest BCUT2D eigenvalue weighted by Gasteiger charge is -2.60. The Balaban J connectivity index is 1.33. The summed E-state index contributed by atoms with van der Waals surface area (Å²) in [5.74, 6) is 1.19. The molecule has 1 aliphatic carbocycles. The third-order valence-corrected chi connectivity index (χ3v) is 8.44. The van der Waals surface area contributed by atoms with Crippen LogP contribution >= 0.6 is 0 Å². The van der Waals surface area contributed by atoms with Gasteiger partial charge >= 0.3 is 0 Å². The third-order valence-electron chi connectivity index (χ3n) is 8.44. The van der Waals surface area contributed by atoms with Crippen molar-refractivity contribution in [2.45, 2.75) is 43.9 Å². The van der Waals surface area contributed by atoms with E-state index in [4.69, 9.17) is 4.99 Å². The predicted octanol–water partition coefficient (Wildman–Crippen LogP) is 4.90. The monoisotopic (exact) mass is 463 g/mol. The van der Waals surface area contributed by atoms with Crippen LogP contribution in [0, 0.1) is 17.8 Å². The summed E-state index contributed by atoms with van der Waals surface area (Å²) in [5.41, 5.74) is 3.04. The third kappa shape index (κ3) is 4.21. The van der Waals surface area contributed by atoms with Crippen LogP contribution in [0.15, 0.2) is 96.0 Å². The zero-order valence-electron chi connectivity index (χ0n) is 20.1. The Morgan fingerprint density at radius 1 is 0.886 bits per heavy atom. The number of carbonyl (C=O) groups excluding carboxylic acids is 1. The van der Waals surface area contributed by atoms with Crippen molar-refractivity contribution in [2.75, 3.05) is 6.54 Å². The Bertz CT molecular complexity index is 1180. The maximum atomic E-state index is 14.0. The van der Waals surface area contributed by atoms with Gasteiger partial charge in [0.05, 0.1) is 0 Å². The molecular formula is C31H33N3O. The minimum atomic E-state index is -0.704. The highest BCUT2D eigenvalue weighted by Crippen LogP contribution is 2.53. The highest BCUT2D eigenvalue weighted by Gasteiger charge is 2.61. The average Bonchev–Trinajstić information content (AvgIpc) is 2.92. The first kappa shape index (κ1) is 22.2. The van der Waals surface area contributed by atoms with Crippen LogP contribution in [0.3, 0.4) is 0 Å². The molecule has 7 rings (SSSR count). The molecule has 35 heavy (non-hydrogen) atoms. The van der Waals surface area contributed by atoms with Gasteiger partial charge in [-0.25, -0.2) is 0 Å². The molecule has 4 bridgehead atoms. The summed E-state index contributed by atoms with van der Waals surface area (Å²) in [4.78, 5) is 21.7. The van der Waals surface area contributed by atoms with E-state index >= 15 is 0 Å². The van der Waals surface area contributed by atoms with E-state index in [9.17, 15) is 4.79 Å². The summed E-state index contributed by atoms with van der Waals surface area (Å²) < 4.78 is 0. The minimum Gasteiger partial charge on any atom is -0.350 e. The molecule has 5 unspecified atom stereocenters. The van der Waals surface area contributed by atoms with E-state index in [1.54, 1.807) is 0 Å². The topological polar surface area (TPSA) is 44.7 Å². The van der Waals surface area contributed by atoms with Crippen LogP contribution in [-0.4, -0.2) is 35.1 Å². The van der Waals surface area contributed by atoms with Crippen molar-refractivity contribution in [2.24, 2.45) is 22.7 Å². The second-order valence-electron chi connectivity index (χ2n) is 10.4. The highest BCUT2D eigenvalue weighted by atomic mass is 16.2. The molecule has 3 aromatic rings.